The standard InChI is InChI=1S/C20H21NOS2/c1-14-13-17-5-2-3-6-18(17)21(14)19(22)15-7-9-16(10-8-15)20-23-11-4-12-24-20/h2-3,5-10,14,20H,4,11-13H2,1H3. The molecule has 0 N–H and O–H groups in total. The molecule has 1 fully saturated rings. The predicted molar refractivity (Wildman–Crippen MR) is 105 cm³/mol. The van der Waals surface area contributed by atoms with Crippen molar-refractivity contribution in [2.45, 2.75) is 30.4 Å². The second-order valence-corrected chi connectivity index (χ2v) is 9.13. The maximum Gasteiger partial charge on any atom is 0.258 e. The maximum absolute atomic E-state index is 13.0. The van der Waals surface area contributed by atoms with E-state index in [1.165, 1.54) is 29.1 Å². The van der Waals surface area contributed by atoms with Crippen LogP contribution in [0.2, 0.25) is 0 Å². The second-order valence-electron chi connectivity index (χ2n) is 6.41. The van der Waals surface area contributed by atoms with Gasteiger partial charge in [-0.2, -0.15) is 0 Å². The van der Waals surface area contributed by atoms with Gasteiger partial charge in [-0.1, -0.05) is 30.3 Å². The molecule has 4 rings (SSSR count). The summed E-state index contributed by atoms with van der Waals surface area (Å²) < 4.78 is 0.523. The normalized spacial score (nSPS) is 20.9. The second kappa shape index (κ2) is 6.85. The molecule has 2 aliphatic rings. The molecule has 0 radical (unpaired) electrons. The lowest BCUT2D eigenvalue weighted by atomic mass is 10.1. The molecule has 2 aromatic rings. The van der Waals surface area contributed by atoms with E-state index in [9.17, 15) is 4.79 Å². The number of hydrogen-bond donors (Lipinski definition) is 0. The number of anilines is 1. The van der Waals surface area contributed by atoms with Crippen LogP contribution >= 0.6 is 23.5 Å². The van der Waals surface area contributed by atoms with Crippen molar-refractivity contribution in [2.75, 3.05) is 16.4 Å². The van der Waals surface area contributed by atoms with Crippen molar-refractivity contribution in [1.29, 1.82) is 0 Å². The van der Waals surface area contributed by atoms with Crippen molar-refractivity contribution in [1.82, 2.24) is 0 Å². The van der Waals surface area contributed by atoms with Crippen LogP contribution in [0.1, 0.15) is 39.4 Å². The Labute approximate surface area is 152 Å². The Bertz CT molecular complexity index is 738. The molecule has 0 bridgehead atoms. The van der Waals surface area contributed by atoms with Gasteiger partial charge in [0.25, 0.3) is 5.91 Å². The maximum atomic E-state index is 13.0. The van der Waals surface area contributed by atoms with Crippen molar-refractivity contribution in [3.05, 3.63) is 65.2 Å². The number of fused-ring (bicyclic) bond motifs is 1. The van der Waals surface area contributed by atoms with Gasteiger partial charge in [0.15, 0.2) is 0 Å². The molecule has 4 heteroatoms. The first-order valence-corrected chi connectivity index (χ1v) is 10.6. The first-order valence-electron chi connectivity index (χ1n) is 8.48. The molecule has 0 spiro atoms. The molecule has 2 aromatic carbocycles. The molecule has 2 heterocycles. The van der Waals surface area contributed by atoms with E-state index in [0.29, 0.717) is 4.58 Å². The van der Waals surface area contributed by atoms with E-state index in [2.05, 4.69) is 31.2 Å². The first kappa shape index (κ1) is 16.1. The van der Waals surface area contributed by atoms with E-state index in [1.54, 1.807) is 0 Å². The molecule has 24 heavy (non-hydrogen) atoms. The van der Waals surface area contributed by atoms with E-state index in [4.69, 9.17) is 0 Å². The van der Waals surface area contributed by atoms with Crippen LogP contribution in [-0.4, -0.2) is 23.5 Å². The van der Waals surface area contributed by atoms with Crippen LogP contribution in [0.4, 0.5) is 5.69 Å². The summed E-state index contributed by atoms with van der Waals surface area (Å²) in [6.07, 6.45) is 2.24. The van der Waals surface area contributed by atoms with E-state index in [1.807, 2.05) is 52.7 Å². The van der Waals surface area contributed by atoms with Crippen molar-refractivity contribution < 1.29 is 4.79 Å². The molecular formula is C20H21NOS2. The Morgan fingerprint density at radius 1 is 1.04 bits per heavy atom. The first-order chi connectivity index (χ1) is 11.7. The summed E-state index contributed by atoms with van der Waals surface area (Å²) in [5.41, 5.74) is 4.45. The van der Waals surface area contributed by atoms with Gasteiger partial charge in [-0.05, 0) is 60.6 Å². The van der Waals surface area contributed by atoms with Crippen molar-refractivity contribution in [3.63, 3.8) is 0 Å². The SMILES string of the molecule is CC1Cc2ccccc2N1C(=O)c1ccc(C2SCCCS2)cc1. The van der Waals surface area contributed by atoms with Crippen LogP contribution in [0, 0.1) is 0 Å². The van der Waals surface area contributed by atoms with Crippen LogP contribution in [0.5, 0.6) is 0 Å². The monoisotopic (exact) mass is 355 g/mol. The predicted octanol–water partition coefficient (Wildman–Crippen LogP) is 5.15. The Hall–Kier alpha value is -1.39. The number of nitrogens with zero attached hydrogens (tertiary/aromatic N) is 1. The molecule has 1 saturated heterocycles. The third-order valence-corrected chi connectivity index (χ3v) is 7.70. The minimum atomic E-state index is 0.114. The topological polar surface area (TPSA) is 20.3 Å². The van der Waals surface area contributed by atoms with Crippen molar-refractivity contribution in [3.8, 4) is 0 Å². The highest BCUT2D eigenvalue weighted by Crippen LogP contribution is 2.43. The highest BCUT2D eigenvalue weighted by molar-refractivity contribution is 8.16. The zero-order valence-corrected chi connectivity index (χ0v) is 15.4. The summed E-state index contributed by atoms with van der Waals surface area (Å²) in [7, 11) is 0. The lowest BCUT2D eigenvalue weighted by Gasteiger charge is -2.24. The third-order valence-electron chi connectivity index (χ3n) is 4.68. The molecule has 2 nitrogen and oxygen atoms in total. The van der Waals surface area contributed by atoms with Gasteiger partial charge in [-0.15, -0.1) is 23.5 Å². The Morgan fingerprint density at radius 3 is 2.50 bits per heavy atom. The van der Waals surface area contributed by atoms with Gasteiger partial charge in [0.1, 0.15) is 0 Å². The summed E-state index contributed by atoms with van der Waals surface area (Å²) in [5, 5.41) is 0. The van der Waals surface area contributed by atoms with Crippen LogP contribution in [0.25, 0.3) is 0 Å². The van der Waals surface area contributed by atoms with Gasteiger partial charge in [0.2, 0.25) is 0 Å². The number of rotatable bonds is 2. The zero-order chi connectivity index (χ0) is 16.5. The van der Waals surface area contributed by atoms with Gasteiger partial charge >= 0.3 is 0 Å². The number of benzene rings is 2. The van der Waals surface area contributed by atoms with Gasteiger partial charge in [0.05, 0.1) is 4.58 Å². The number of thioether (sulfide) groups is 2. The Kier molecular flexibility index (Phi) is 4.59. The van der Waals surface area contributed by atoms with E-state index < -0.39 is 0 Å². The average molecular weight is 356 g/mol. The number of carbonyl (C=O) groups is 1. The summed E-state index contributed by atoms with van der Waals surface area (Å²) in [5.74, 6) is 2.59. The molecule has 0 aliphatic carbocycles. The highest BCUT2D eigenvalue weighted by Gasteiger charge is 2.31. The van der Waals surface area contributed by atoms with Crippen LogP contribution in [-0.2, 0) is 6.42 Å². The van der Waals surface area contributed by atoms with E-state index in [-0.39, 0.29) is 11.9 Å². The summed E-state index contributed by atoms with van der Waals surface area (Å²) in [6, 6.07) is 16.7. The molecular weight excluding hydrogens is 334 g/mol. The molecule has 0 saturated carbocycles. The van der Waals surface area contributed by atoms with Gasteiger partial charge in [-0.3, -0.25) is 4.79 Å². The molecule has 0 aromatic heterocycles. The smallest absolute Gasteiger partial charge is 0.258 e. The quantitative estimate of drug-likeness (QED) is 0.743. The van der Waals surface area contributed by atoms with Crippen molar-refractivity contribution in [2.24, 2.45) is 0 Å². The molecule has 1 unspecified atom stereocenters. The Morgan fingerprint density at radius 2 is 1.75 bits per heavy atom. The van der Waals surface area contributed by atoms with Crippen molar-refractivity contribution >= 4 is 35.1 Å². The summed E-state index contributed by atoms with van der Waals surface area (Å²) in [6.45, 7) is 2.13. The van der Waals surface area contributed by atoms with Crippen LogP contribution in [0.15, 0.2) is 48.5 Å². The largest absolute Gasteiger partial charge is 0.305 e. The van der Waals surface area contributed by atoms with E-state index in [0.717, 1.165) is 17.7 Å². The fraction of sp³-hybridized carbons (Fsp3) is 0.350. The van der Waals surface area contributed by atoms with Gasteiger partial charge < -0.3 is 4.90 Å². The minimum Gasteiger partial charge on any atom is -0.305 e. The fourth-order valence-electron chi connectivity index (χ4n) is 3.48. The third kappa shape index (κ3) is 2.98. The number of para-hydroxylation sites is 1. The molecule has 2 aliphatic heterocycles. The average Bonchev–Trinajstić information content (AvgIpc) is 2.98. The number of hydrogen-bond acceptors (Lipinski definition) is 3. The van der Waals surface area contributed by atoms with Crippen LogP contribution < -0.4 is 4.90 Å². The zero-order valence-electron chi connectivity index (χ0n) is 13.8. The van der Waals surface area contributed by atoms with Gasteiger partial charge in [-0.25, -0.2) is 0 Å². The number of carbonyl (C=O) groups excluding carboxylic acids is 1. The summed E-state index contributed by atoms with van der Waals surface area (Å²) >= 11 is 4.03. The molecule has 1 atom stereocenters. The molecule has 124 valence electrons. The van der Waals surface area contributed by atoms with Gasteiger partial charge in [0, 0.05) is 17.3 Å². The minimum absolute atomic E-state index is 0.114. The van der Waals surface area contributed by atoms with E-state index >= 15 is 0 Å². The Balaban J connectivity index is 1.56. The summed E-state index contributed by atoms with van der Waals surface area (Å²) in [4.78, 5) is 15.0. The number of amides is 1. The lowest BCUT2D eigenvalue weighted by molar-refractivity contribution is 0.0981. The lowest BCUT2D eigenvalue weighted by Crippen LogP contribution is -2.35. The van der Waals surface area contributed by atoms with Crippen LogP contribution in [0.3, 0.4) is 0 Å². The highest BCUT2D eigenvalue weighted by atomic mass is 32.2. The fourth-order valence-corrected chi connectivity index (χ4v) is 6.37. The molecule has 1 amide bonds.